The molecule has 0 aromatic heterocycles. The predicted octanol–water partition coefficient (Wildman–Crippen LogP) is 3.27. The van der Waals surface area contributed by atoms with Crippen LogP contribution >= 0.6 is 0 Å². The number of rotatable bonds is 1. The molecule has 2 rings (SSSR count). The van der Waals surface area contributed by atoms with Crippen LogP contribution in [0.4, 0.5) is 0 Å². The summed E-state index contributed by atoms with van der Waals surface area (Å²) in [5.41, 5.74) is 1.30. The number of fused-ring (bicyclic) bond motifs is 1. The fourth-order valence-electron chi connectivity index (χ4n) is 3.12. The van der Waals surface area contributed by atoms with E-state index in [1.165, 1.54) is 6.92 Å². The highest BCUT2D eigenvalue weighted by Gasteiger charge is 2.37. The Morgan fingerprint density at radius 1 is 1.32 bits per heavy atom. The Kier molecular flexibility index (Phi) is 3.00. The minimum Gasteiger partial charge on any atom is -0.504 e. The summed E-state index contributed by atoms with van der Waals surface area (Å²) in [4.78, 5) is 11.6. The lowest BCUT2D eigenvalue weighted by atomic mass is 9.81. The quantitative estimate of drug-likeness (QED) is 0.603. The maximum atomic E-state index is 11.6. The third kappa shape index (κ3) is 2.05. The number of carbonyl (C=O) groups is 1. The standard InChI is InChI=1S/C15H20O4/c1-7-6-15(4,5)19-14-10(7)8(2)11(9(3)16)12(17)13(14)18/h7,17-18H,6H2,1-5H3. The second-order valence-electron chi connectivity index (χ2n) is 5.96. The van der Waals surface area contributed by atoms with Crippen LogP contribution in [0, 0.1) is 6.92 Å². The fraction of sp³-hybridized carbons (Fsp3) is 0.533. The van der Waals surface area contributed by atoms with Gasteiger partial charge < -0.3 is 14.9 Å². The minimum absolute atomic E-state index is 0.156. The summed E-state index contributed by atoms with van der Waals surface area (Å²) in [6.45, 7) is 9.09. The fourth-order valence-corrected chi connectivity index (χ4v) is 3.12. The van der Waals surface area contributed by atoms with Crippen LogP contribution in [0.3, 0.4) is 0 Å². The number of Topliss-reactive ketones (excluding diaryl/α,β-unsaturated/α-hetero) is 1. The Morgan fingerprint density at radius 3 is 2.42 bits per heavy atom. The summed E-state index contributed by atoms with van der Waals surface area (Å²) in [7, 11) is 0. The highest BCUT2D eigenvalue weighted by atomic mass is 16.5. The Bertz CT molecular complexity index is 558. The summed E-state index contributed by atoms with van der Waals surface area (Å²) in [6, 6.07) is 0. The molecule has 0 amide bonds. The molecule has 19 heavy (non-hydrogen) atoms. The normalized spacial score (nSPS) is 20.6. The summed E-state index contributed by atoms with van der Waals surface area (Å²) >= 11 is 0. The van der Waals surface area contributed by atoms with Gasteiger partial charge in [-0.05, 0) is 45.6 Å². The molecule has 1 aliphatic heterocycles. The molecular formula is C15H20O4. The van der Waals surface area contributed by atoms with E-state index in [4.69, 9.17) is 4.74 Å². The maximum Gasteiger partial charge on any atom is 0.201 e. The second kappa shape index (κ2) is 4.15. The highest BCUT2D eigenvalue weighted by molar-refractivity contribution is 6.00. The minimum atomic E-state index is -0.402. The third-order valence-electron chi connectivity index (χ3n) is 3.72. The van der Waals surface area contributed by atoms with Crippen LogP contribution in [0.2, 0.25) is 0 Å². The van der Waals surface area contributed by atoms with E-state index in [0.717, 1.165) is 12.0 Å². The van der Waals surface area contributed by atoms with Crippen LogP contribution in [0.15, 0.2) is 0 Å². The number of hydrogen-bond donors (Lipinski definition) is 2. The number of phenols is 2. The van der Waals surface area contributed by atoms with Gasteiger partial charge in [0.15, 0.2) is 17.3 Å². The van der Waals surface area contributed by atoms with Crippen molar-refractivity contribution in [2.24, 2.45) is 0 Å². The first-order chi connectivity index (χ1) is 8.65. The van der Waals surface area contributed by atoms with Crippen molar-refractivity contribution in [2.75, 3.05) is 0 Å². The van der Waals surface area contributed by atoms with Gasteiger partial charge in [0.05, 0.1) is 5.56 Å². The van der Waals surface area contributed by atoms with Crippen molar-refractivity contribution < 1.29 is 19.7 Å². The average molecular weight is 264 g/mol. The molecule has 0 saturated carbocycles. The Balaban J connectivity index is 2.78. The van der Waals surface area contributed by atoms with Crippen molar-refractivity contribution in [3.8, 4) is 17.2 Å². The van der Waals surface area contributed by atoms with Gasteiger partial charge in [-0.25, -0.2) is 0 Å². The SMILES string of the molecule is CC(=O)c1c(C)c2c(c(O)c1O)OC(C)(C)CC2C. The first-order valence-corrected chi connectivity index (χ1v) is 6.44. The Labute approximate surface area is 113 Å². The molecule has 2 N–H and O–H groups in total. The van der Waals surface area contributed by atoms with Crippen LogP contribution in [0.5, 0.6) is 17.2 Å². The number of hydrogen-bond acceptors (Lipinski definition) is 4. The van der Waals surface area contributed by atoms with Crippen LogP contribution in [0.1, 0.15) is 61.5 Å². The smallest absolute Gasteiger partial charge is 0.201 e. The van der Waals surface area contributed by atoms with Crippen molar-refractivity contribution in [1.29, 1.82) is 0 Å². The average Bonchev–Trinajstić information content (AvgIpc) is 2.23. The summed E-state index contributed by atoms with van der Waals surface area (Å²) in [6.07, 6.45) is 0.794. The topological polar surface area (TPSA) is 66.8 Å². The predicted molar refractivity (Wildman–Crippen MR) is 72.3 cm³/mol. The summed E-state index contributed by atoms with van der Waals surface area (Å²) in [5.74, 6) is -0.503. The number of ketones is 1. The van der Waals surface area contributed by atoms with Crippen LogP contribution < -0.4 is 4.74 Å². The maximum absolute atomic E-state index is 11.6. The molecule has 0 fully saturated rings. The van der Waals surface area contributed by atoms with E-state index in [-0.39, 0.29) is 28.8 Å². The van der Waals surface area contributed by atoms with Crippen LogP contribution in [-0.2, 0) is 0 Å². The van der Waals surface area contributed by atoms with E-state index in [0.29, 0.717) is 11.3 Å². The molecule has 0 spiro atoms. The van der Waals surface area contributed by atoms with Crippen molar-refractivity contribution in [2.45, 2.75) is 52.6 Å². The lowest BCUT2D eigenvalue weighted by Gasteiger charge is -2.38. The number of phenolic OH excluding ortho intramolecular Hbond substituents is 2. The zero-order chi connectivity index (χ0) is 14.5. The Morgan fingerprint density at radius 2 is 1.89 bits per heavy atom. The third-order valence-corrected chi connectivity index (χ3v) is 3.72. The van der Waals surface area contributed by atoms with Gasteiger partial charge in [0.2, 0.25) is 5.75 Å². The van der Waals surface area contributed by atoms with Gasteiger partial charge in [-0.1, -0.05) is 6.92 Å². The van der Waals surface area contributed by atoms with Gasteiger partial charge in [0, 0.05) is 5.56 Å². The van der Waals surface area contributed by atoms with Crippen LogP contribution in [-0.4, -0.2) is 21.6 Å². The molecule has 0 aliphatic carbocycles. The number of ether oxygens (including phenoxy) is 1. The lowest BCUT2D eigenvalue weighted by molar-refractivity contribution is 0.0697. The van der Waals surface area contributed by atoms with Gasteiger partial charge in [0.25, 0.3) is 0 Å². The molecular weight excluding hydrogens is 244 g/mol. The molecule has 0 bridgehead atoms. The van der Waals surface area contributed by atoms with E-state index in [9.17, 15) is 15.0 Å². The van der Waals surface area contributed by atoms with E-state index in [2.05, 4.69) is 0 Å². The molecule has 1 aromatic rings. The molecule has 0 radical (unpaired) electrons. The van der Waals surface area contributed by atoms with Crippen molar-refractivity contribution in [3.63, 3.8) is 0 Å². The molecule has 1 atom stereocenters. The molecule has 4 heteroatoms. The van der Waals surface area contributed by atoms with E-state index < -0.39 is 5.60 Å². The molecule has 1 heterocycles. The van der Waals surface area contributed by atoms with Gasteiger partial charge >= 0.3 is 0 Å². The van der Waals surface area contributed by atoms with E-state index >= 15 is 0 Å². The van der Waals surface area contributed by atoms with Gasteiger partial charge in [0.1, 0.15) is 5.60 Å². The monoisotopic (exact) mass is 264 g/mol. The Hall–Kier alpha value is -1.71. The largest absolute Gasteiger partial charge is 0.504 e. The molecule has 1 unspecified atom stereocenters. The van der Waals surface area contributed by atoms with Gasteiger partial charge in [-0.2, -0.15) is 0 Å². The number of carbonyl (C=O) groups excluding carboxylic acids is 1. The number of benzene rings is 1. The molecule has 4 nitrogen and oxygen atoms in total. The summed E-state index contributed by atoms with van der Waals surface area (Å²) < 4.78 is 5.80. The van der Waals surface area contributed by atoms with Gasteiger partial charge in [-0.3, -0.25) is 4.79 Å². The van der Waals surface area contributed by atoms with E-state index in [1.54, 1.807) is 6.92 Å². The van der Waals surface area contributed by atoms with Crippen LogP contribution in [0.25, 0.3) is 0 Å². The van der Waals surface area contributed by atoms with E-state index in [1.807, 2.05) is 20.8 Å². The molecule has 1 aliphatic rings. The zero-order valence-corrected chi connectivity index (χ0v) is 12.0. The molecule has 0 saturated heterocycles. The molecule has 104 valence electrons. The highest BCUT2D eigenvalue weighted by Crippen LogP contribution is 2.52. The van der Waals surface area contributed by atoms with Crippen molar-refractivity contribution >= 4 is 5.78 Å². The summed E-state index contributed by atoms with van der Waals surface area (Å²) in [5, 5.41) is 20.1. The number of aromatic hydroxyl groups is 2. The first kappa shape index (κ1) is 13.7. The lowest BCUT2D eigenvalue weighted by Crippen LogP contribution is -2.34. The van der Waals surface area contributed by atoms with Gasteiger partial charge in [-0.15, -0.1) is 0 Å². The second-order valence-corrected chi connectivity index (χ2v) is 5.96. The van der Waals surface area contributed by atoms with Crippen molar-refractivity contribution in [1.82, 2.24) is 0 Å². The first-order valence-electron chi connectivity index (χ1n) is 6.44. The molecule has 1 aromatic carbocycles. The zero-order valence-electron chi connectivity index (χ0n) is 12.0. The van der Waals surface area contributed by atoms with Crippen molar-refractivity contribution in [3.05, 3.63) is 16.7 Å².